The van der Waals surface area contributed by atoms with Gasteiger partial charge in [0.25, 0.3) is 0 Å². The second-order valence-corrected chi connectivity index (χ2v) is 5.82. The second-order valence-electron chi connectivity index (χ2n) is 5.00. The number of hydrogen-bond acceptors (Lipinski definition) is 3. The number of para-hydroxylation sites is 1. The van der Waals surface area contributed by atoms with Crippen molar-refractivity contribution in [3.63, 3.8) is 0 Å². The lowest BCUT2D eigenvalue weighted by Gasteiger charge is -2.21. The van der Waals surface area contributed by atoms with Crippen LogP contribution in [0.4, 0.5) is 0 Å². The van der Waals surface area contributed by atoms with Crippen LogP contribution in [0.15, 0.2) is 36.4 Å². The molecular formula is C16H15Cl2NO2. The van der Waals surface area contributed by atoms with E-state index in [1.807, 2.05) is 24.3 Å². The lowest BCUT2D eigenvalue weighted by molar-refractivity contribution is 0.200. The fourth-order valence-corrected chi connectivity index (χ4v) is 3.09. The van der Waals surface area contributed by atoms with E-state index in [1.54, 1.807) is 19.2 Å². The molecule has 110 valence electrons. The second kappa shape index (κ2) is 5.76. The van der Waals surface area contributed by atoms with Gasteiger partial charge in [0.2, 0.25) is 0 Å². The van der Waals surface area contributed by atoms with Crippen LogP contribution in [0.5, 0.6) is 11.5 Å². The largest absolute Gasteiger partial charge is 0.495 e. The number of ether oxygens (including phenoxy) is 2. The predicted octanol–water partition coefficient (Wildman–Crippen LogP) is 4.01. The highest BCUT2D eigenvalue weighted by Gasteiger charge is 2.30. The van der Waals surface area contributed by atoms with Gasteiger partial charge in [0.05, 0.1) is 18.2 Å². The van der Waals surface area contributed by atoms with Crippen molar-refractivity contribution in [2.75, 3.05) is 7.11 Å². The Morgan fingerprint density at radius 2 is 2.00 bits per heavy atom. The van der Waals surface area contributed by atoms with Gasteiger partial charge in [-0.3, -0.25) is 0 Å². The van der Waals surface area contributed by atoms with Gasteiger partial charge in [-0.15, -0.1) is 0 Å². The first-order chi connectivity index (χ1) is 10.1. The summed E-state index contributed by atoms with van der Waals surface area (Å²) < 4.78 is 11.1. The molecule has 3 rings (SSSR count). The Morgan fingerprint density at radius 1 is 1.24 bits per heavy atom. The first kappa shape index (κ1) is 14.5. The molecule has 0 radical (unpaired) electrons. The summed E-state index contributed by atoms with van der Waals surface area (Å²) in [4.78, 5) is 0. The monoisotopic (exact) mass is 323 g/mol. The van der Waals surface area contributed by atoms with Crippen LogP contribution in [0.3, 0.4) is 0 Å². The van der Waals surface area contributed by atoms with Gasteiger partial charge < -0.3 is 15.2 Å². The molecular weight excluding hydrogens is 309 g/mol. The summed E-state index contributed by atoms with van der Waals surface area (Å²) in [6, 6.07) is 11.0. The zero-order valence-electron chi connectivity index (χ0n) is 11.5. The zero-order chi connectivity index (χ0) is 15.0. The Balaban J connectivity index is 1.87. The number of fused-ring (bicyclic) bond motifs is 1. The molecule has 2 N–H and O–H groups in total. The molecule has 2 aromatic carbocycles. The number of halogens is 2. The molecule has 5 heteroatoms. The van der Waals surface area contributed by atoms with E-state index in [0.29, 0.717) is 15.8 Å². The van der Waals surface area contributed by atoms with Crippen molar-refractivity contribution in [1.82, 2.24) is 0 Å². The van der Waals surface area contributed by atoms with E-state index < -0.39 is 0 Å². The van der Waals surface area contributed by atoms with Crippen LogP contribution in [0, 0.1) is 0 Å². The van der Waals surface area contributed by atoms with Crippen molar-refractivity contribution in [1.29, 1.82) is 0 Å². The molecule has 0 spiro atoms. The molecule has 0 aliphatic carbocycles. The molecule has 1 aliphatic rings. The molecule has 2 atom stereocenters. The number of nitrogens with two attached hydrogens (primary N) is 1. The fourth-order valence-electron chi connectivity index (χ4n) is 2.57. The minimum absolute atomic E-state index is 0.149. The molecule has 0 fully saturated rings. The van der Waals surface area contributed by atoms with Crippen LogP contribution in [-0.4, -0.2) is 13.2 Å². The maximum absolute atomic E-state index is 6.33. The third-order valence-corrected chi connectivity index (χ3v) is 4.33. The first-order valence-corrected chi connectivity index (χ1v) is 7.39. The van der Waals surface area contributed by atoms with E-state index in [4.69, 9.17) is 38.4 Å². The summed E-state index contributed by atoms with van der Waals surface area (Å²) in [6.45, 7) is 0. The topological polar surface area (TPSA) is 44.5 Å². The Kier molecular flexibility index (Phi) is 3.98. The third-order valence-electron chi connectivity index (χ3n) is 3.70. The van der Waals surface area contributed by atoms with Gasteiger partial charge in [-0.25, -0.2) is 0 Å². The molecule has 2 unspecified atom stereocenters. The van der Waals surface area contributed by atoms with Gasteiger partial charge in [-0.05, 0) is 23.3 Å². The molecule has 1 heterocycles. The quantitative estimate of drug-likeness (QED) is 0.928. The maximum Gasteiger partial charge on any atom is 0.138 e. The Morgan fingerprint density at radius 3 is 2.71 bits per heavy atom. The molecule has 3 nitrogen and oxygen atoms in total. The lowest BCUT2D eigenvalue weighted by Crippen LogP contribution is -2.30. The SMILES string of the molecule is COc1cc(Cl)c(C(N)C2Cc3ccccc3O2)cc1Cl. The number of rotatable bonds is 3. The summed E-state index contributed by atoms with van der Waals surface area (Å²) in [5.74, 6) is 1.42. The molecule has 0 saturated carbocycles. The van der Waals surface area contributed by atoms with Gasteiger partial charge in [0.1, 0.15) is 17.6 Å². The summed E-state index contributed by atoms with van der Waals surface area (Å²) in [6.07, 6.45) is 0.612. The summed E-state index contributed by atoms with van der Waals surface area (Å²) >= 11 is 12.5. The first-order valence-electron chi connectivity index (χ1n) is 6.63. The van der Waals surface area contributed by atoms with Crippen LogP contribution in [0.1, 0.15) is 17.2 Å². The molecule has 21 heavy (non-hydrogen) atoms. The van der Waals surface area contributed by atoms with Crippen molar-refractivity contribution < 1.29 is 9.47 Å². The third kappa shape index (κ3) is 2.69. The summed E-state index contributed by atoms with van der Waals surface area (Å²) in [5.41, 5.74) is 8.26. The Labute approximate surface area is 133 Å². The number of methoxy groups -OCH3 is 1. The van der Waals surface area contributed by atoms with Gasteiger partial charge >= 0.3 is 0 Å². The summed E-state index contributed by atoms with van der Waals surface area (Å²) in [5, 5.41) is 1.02. The van der Waals surface area contributed by atoms with Gasteiger partial charge in [-0.2, -0.15) is 0 Å². The van der Waals surface area contributed by atoms with Crippen LogP contribution >= 0.6 is 23.2 Å². The predicted molar refractivity (Wildman–Crippen MR) is 84.5 cm³/mol. The normalized spacial score (nSPS) is 18.0. The smallest absolute Gasteiger partial charge is 0.138 e. The maximum atomic E-state index is 6.33. The zero-order valence-corrected chi connectivity index (χ0v) is 13.0. The fraction of sp³-hybridized carbons (Fsp3) is 0.250. The van der Waals surface area contributed by atoms with Crippen molar-refractivity contribution >= 4 is 23.2 Å². The van der Waals surface area contributed by atoms with E-state index in [9.17, 15) is 0 Å². The molecule has 0 saturated heterocycles. The van der Waals surface area contributed by atoms with Gasteiger partial charge in [0.15, 0.2) is 0 Å². The van der Waals surface area contributed by atoms with E-state index in [0.717, 1.165) is 23.3 Å². The lowest BCUT2D eigenvalue weighted by atomic mass is 9.98. The van der Waals surface area contributed by atoms with Crippen molar-refractivity contribution in [2.24, 2.45) is 5.73 Å². The Bertz CT molecular complexity index is 650. The van der Waals surface area contributed by atoms with Gasteiger partial charge in [0, 0.05) is 17.5 Å². The summed E-state index contributed by atoms with van der Waals surface area (Å²) in [7, 11) is 1.55. The van der Waals surface area contributed by atoms with Gasteiger partial charge in [-0.1, -0.05) is 41.4 Å². The molecule has 1 aliphatic heterocycles. The van der Waals surface area contributed by atoms with Crippen LogP contribution in [-0.2, 0) is 6.42 Å². The average Bonchev–Trinajstić information content (AvgIpc) is 2.92. The molecule has 2 aromatic rings. The minimum atomic E-state index is -0.353. The molecule has 0 bridgehead atoms. The number of benzene rings is 2. The van der Waals surface area contributed by atoms with Crippen LogP contribution in [0.25, 0.3) is 0 Å². The number of hydrogen-bond donors (Lipinski definition) is 1. The highest BCUT2D eigenvalue weighted by Crippen LogP contribution is 2.38. The average molecular weight is 324 g/mol. The standard InChI is InChI=1S/C16H15Cl2NO2/c1-20-14-8-11(17)10(7-12(14)18)16(19)15-6-9-4-2-3-5-13(9)21-15/h2-5,7-8,15-16H,6,19H2,1H3. The van der Waals surface area contributed by atoms with E-state index in [1.165, 1.54) is 0 Å². The molecule has 0 amide bonds. The van der Waals surface area contributed by atoms with E-state index >= 15 is 0 Å². The Hall–Kier alpha value is -1.42. The van der Waals surface area contributed by atoms with E-state index in [-0.39, 0.29) is 12.1 Å². The molecule has 0 aromatic heterocycles. The van der Waals surface area contributed by atoms with E-state index in [2.05, 4.69) is 0 Å². The van der Waals surface area contributed by atoms with Crippen LogP contribution < -0.4 is 15.2 Å². The van der Waals surface area contributed by atoms with Crippen molar-refractivity contribution in [3.8, 4) is 11.5 Å². The van der Waals surface area contributed by atoms with Crippen molar-refractivity contribution in [2.45, 2.75) is 18.6 Å². The van der Waals surface area contributed by atoms with Crippen molar-refractivity contribution in [3.05, 3.63) is 57.6 Å². The van der Waals surface area contributed by atoms with Crippen LogP contribution in [0.2, 0.25) is 10.0 Å². The minimum Gasteiger partial charge on any atom is -0.495 e. The highest BCUT2D eigenvalue weighted by molar-refractivity contribution is 6.34. The highest BCUT2D eigenvalue weighted by atomic mass is 35.5.